The van der Waals surface area contributed by atoms with Crippen molar-refractivity contribution >= 4 is 24.8 Å². The fourth-order valence-corrected chi connectivity index (χ4v) is 9.76. The van der Waals surface area contributed by atoms with Gasteiger partial charge in [-0.1, -0.05) is 117 Å². The van der Waals surface area contributed by atoms with Crippen molar-refractivity contribution in [2.45, 2.75) is 77.0 Å². The van der Waals surface area contributed by atoms with Gasteiger partial charge in [-0.25, -0.2) is 4.79 Å². The van der Waals surface area contributed by atoms with Gasteiger partial charge in [0.25, 0.3) is 8.32 Å². The normalized spacial score (nSPS) is 14.2. The summed E-state index contributed by atoms with van der Waals surface area (Å²) in [6, 6.07) is 27.9. The van der Waals surface area contributed by atoms with Gasteiger partial charge in [0.1, 0.15) is 5.60 Å². The van der Waals surface area contributed by atoms with Gasteiger partial charge in [-0.2, -0.15) is 0 Å². The lowest BCUT2D eigenvalue weighted by atomic mass is 10.0. The molecule has 230 valence electrons. The van der Waals surface area contributed by atoms with Gasteiger partial charge in [-0.3, -0.25) is 0 Å². The number of rotatable bonds is 13. The van der Waals surface area contributed by atoms with Gasteiger partial charge >= 0.3 is 6.09 Å². The van der Waals surface area contributed by atoms with Crippen LogP contribution in [0.25, 0.3) is 10.4 Å². The van der Waals surface area contributed by atoms with Gasteiger partial charge in [0.2, 0.25) is 0 Å². The van der Waals surface area contributed by atoms with Crippen molar-refractivity contribution in [1.29, 1.82) is 0 Å². The van der Waals surface area contributed by atoms with Crippen LogP contribution in [-0.2, 0) is 20.5 Å². The third kappa shape index (κ3) is 9.16. The number of ether oxygens (including phenoxy) is 2. The second kappa shape index (κ2) is 15.2. The first-order chi connectivity index (χ1) is 20.4. The molecule has 0 saturated heterocycles. The SMILES string of the molecule is CC(C)(C)OC(=O)N[C@@H](CO)[C@H](OCc1ccccc1)[C@H](CO[Si](c1ccccc1)(c1ccccc1)C(C)(C)C)N=[N+]=[N-]. The van der Waals surface area contributed by atoms with Crippen LogP contribution in [0.5, 0.6) is 0 Å². The topological polar surface area (TPSA) is 126 Å². The summed E-state index contributed by atoms with van der Waals surface area (Å²) < 4.78 is 18.8. The molecule has 3 atom stereocenters. The summed E-state index contributed by atoms with van der Waals surface area (Å²) in [5.74, 6) is 0. The number of hydrogen-bond donors (Lipinski definition) is 2. The number of nitrogens with zero attached hydrogens (tertiary/aromatic N) is 3. The highest BCUT2D eigenvalue weighted by Gasteiger charge is 2.51. The third-order valence-corrected chi connectivity index (χ3v) is 12.1. The van der Waals surface area contributed by atoms with Crippen LogP contribution in [0.4, 0.5) is 4.79 Å². The van der Waals surface area contributed by atoms with E-state index in [1.54, 1.807) is 20.8 Å². The number of nitrogens with one attached hydrogen (secondary N) is 1. The lowest BCUT2D eigenvalue weighted by molar-refractivity contribution is -0.0270. The largest absolute Gasteiger partial charge is 0.444 e. The van der Waals surface area contributed by atoms with Crippen LogP contribution in [0.1, 0.15) is 47.1 Å². The highest BCUT2D eigenvalue weighted by Crippen LogP contribution is 2.37. The summed E-state index contributed by atoms with van der Waals surface area (Å²) in [5.41, 5.74) is 9.80. The minimum atomic E-state index is -3.00. The van der Waals surface area contributed by atoms with Gasteiger partial charge in [-0.15, -0.1) is 0 Å². The van der Waals surface area contributed by atoms with E-state index in [2.05, 4.69) is 60.4 Å². The Balaban J connectivity index is 2.04. The maximum absolute atomic E-state index is 12.8. The Morgan fingerprint density at radius 3 is 1.86 bits per heavy atom. The lowest BCUT2D eigenvalue weighted by Crippen LogP contribution is -2.67. The zero-order valence-corrected chi connectivity index (χ0v) is 26.9. The van der Waals surface area contributed by atoms with Crippen molar-refractivity contribution in [3.05, 3.63) is 107 Å². The van der Waals surface area contributed by atoms with Crippen LogP contribution in [0.3, 0.4) is 0 Å². The van der Waals surface area contributed by atoms with Crippen molar-refractivity contribution in [3.8, 4) is 0 Å². The molecule has 1 amide bonds. The molecule has 0 aromatic heterocycles. The number of alkyl carbamates (subject to hydrolysis) is 1. The number of aliphatic hydroxyl groups excluding tert-OH is 1. The van der Waals surface area contributed by atoms with Gasteiger partial charge in [0.15, 0.2) is 0 Å². The smallest absolute Gasteiger partial charge is 0.408 e. The predicted molar refractivity (Wildman–Crippen MR) is 172 cm³/mol. The Hall–Kier alpha value is -3.66. The molecule has 3 rings (SSSR count). The third-order valence-electron chi connectivity index (χ3n) is 7.05. The lowest BCUT2D eigenvalue weighted by Gasteiger charge is -2.44. The molecule has 0 spiro atoms. The molecule has 43 heavy (non-hydrogen) atoms. The minimum absolute atomic E-state index is 0.0106. The molecular weight excluding hydrogens is 560 g/mol. The van der Waals surface area contributed by atoms with E-state index in [1.165, 1.54) is 0 Å². The number of carbonyl (C=O) groups is 1. The van der Waals surface area contributed by atoms with Crippen LogP contribution >= 0.6 is 0 Å². The molecule has 0 bridgehead atoms. The quantitative estimate of drug-likeness (QED) is 0.112. The molecule has 10 heteroatoms. The molecule has 3 aromatic rings. The van der Waals surface area contributed by atoms with Gasteiger partial charge < -0.3 is 24.3 Å². The zero-order valence-electron chi connectivity index (χ0n) is 25.9. The molecule has 0 radical (unpaired) electrons. The summed E-state index contributed by atoms with van der Waals surface area (Å²) >= 11 is 0. The zero-order chi connectivity index (χ0) is 31.5. The fourth-order valence-electron chi connectivity index (χ4n) is 5.18. The molecule has 0 aliphatic rings. The highest BCUT2D eigenvalue weighted by atomic mass is 28.4. The van der Waals surface area contributed by atoms with Crippen LogP contribution in [0.2, 0.25) is 5.04 Å². The molecular formula is C33H44N4O5Si. The van der Waals surface area contributed by atoms with E-state index in [0.29, 0.717) is 0 Å². The summed E-state index contributed by atoms with van der Waals surface area (Å²) in [6.45, 7) is 11.4. The van der Waals surface area contributed by atoms with Crippen molar-refractivity contribution in [3.63, 3.8) is 0 Å². The van der Waals surface area contributed by atoms with E-state index in [0.717, 1.165) is 15.9 Å². The average Bonchev–Trinajstić information content (AvgIpc) is 2.96. The van der Waals surface area contributed by atoms with E-state index in [1.807, 2.05) is 66.7 Å². The minimum Gasteiger partial charge on any atom is -0.444 e. The maximum atomic E-state index is 12.8. The van der Waals surface area contributed by atoms with E-state index in [4.69, 9.17) is 13.9 Å². The van der Waals surface area contributed by atoms with E-state index in [-0.39, 0.29) is 18.3 Å². The van der Waals surface area contributed by atoms with Gasteiger partial charge in [0.05, 0.1) is 31.4 Å². The summed E-state index contributed by atoms with van der Waals surface area (Å²) in [7, 11) is -3.00. The van der Waals surface area contributed by atoms with E-state index >= 15 is 0 Å². The first kappa shape index (κ1) is 33.8. The standard InChI is InChI=1S/C33H44N4O5Si/c1-32(2,3)42-31(39)35-28(22-38)30(40-23-25-16-10-7-11-17-25)29(36-37-34)24-41-43(33(4,5)6,26-18-12-8-13-19-26)27-20-14-9-15-21-27/h7-21,28-30,38H,22-24H2,1-6H3,(H,35,39)/t28-,29-,30-/m0/s1. The number of azide groups is 1. The molecule has 0 aliphatic carbocycles. The van der Waals surface area contributed by atoms with Crippen LogP contribution in [0.15, 0.2) is 96.1 Å². The Labute approximate surface area is 256 Å². The summed E-state index contributed by atoms with van der Waals surface area (Å²) in [5, 5.41) is 19.1. The molecule has 0 fully saturated rings. The number of hydrogen-bond acceptors (Lipinski definition) is 6. The molecule has 2 N–H and O–H groups in total. The fraction of sp³-hybridized carbons (Fsp3) is 0.424. The maximum Gasteiger partial charge on any atom is 0.408 e. The van der Waals surface area contributed by atoms with Crippen molar-refractivity contribution in [2.24, 2.45) is 5.11 Å². The van der Waals surface area contributed by atoms with E-state index in [9.17, 15) is 15.4 Å². The second-order valence-electron chi connectivity index (χ2n) is 12.4. The van der Waals surface area contributed by atoms with E-state index < -0.39 is 44.8 Å². The second-order valence-corrected chi connectivity index (χ2v) is 16.7. The van der Waals surface area contributed by atoms with Crippen molar-refractivity contribution in [1.82, 2.24) is 5.32 Å². The Morgan fingerprint density at radius 2 is 1.42 bits per heavy atom. The molecule has 9 nitrogen and oxygen atoms in total. The monoisotopic (exact) mass is 604 g/mol. The van der Waals surface area contributed by atoms with Gasteiger partial charge in [0, 0.05) is 11.5 Å². The average molecular weight is 605 g/mol. The molecule has 3 aromatic carbocycles. The Bertz CT molecular complexity index is 1280. The molecule has 0 aliphatic heterocycles. The van der Waals surface area contributed by atoms with Crippen LogP contribution in [0, 0.1) is 0 Å². The first-order valence-corrected chi connectivity index (χ1v) is 16.4. The van der Waals surface area contributed by atoms with Crippen LogP contribution < -0.4 is 15.7 Å². The molecule has 0 heterocycles. The highest BCUT2D eigenvalue weighted by molar-refractivity contribution is 6.99. The number of benzene rings is 3. The number of aliphatic hydroxyl groups is 1. The predicted octanol–water partition coefficient (Wildman–Crippen LogP) is 5.71. The van der Waals surface area contributed by atoms with Crippen molar-refractivity contribution in [2.75, 3.05) is 13.2 Å². The Kier molecular flexibility index (Phi) is 11.9. The number of carbonyl (C=O) groups excluding carboxylic acids is 1. The molecule has 0 unspecified atom stereocenters. The molecule has 0 saturated carbocycles. The van der Waals surface area contributed by atoms with Crippen LogP contribution in [-0.4, -0.2) is 56.5 Å². The van der Waals surface area contributed by atoms with Crippen molar-refractivity contribution < 1.29 is 23.8 Å². The summed E-state index contributed by atoms with van der Waals surface area (Å²) in [4.78, 5) is 15.9. The first-order valence-electron chi connectivity index (χ1n) is 14.5. The Morgan fingerprint density at radius 1 is 0.907 bits per heavy atom. The number of amides is 1. The summed E-state index contributed by atoms with van der Waals surface area (Å²) in [6.07, 6.45) is -1.65. The van der Waals surface area contributed by atoms with Gasteiger partial charge in [-0.05, 0) is 47.3 Å².